The molecule has 15 heavy (non-hydrogen) atoms. The van der Waals surface area contributed by atoms with Gasteiger partial charge >= 0.3 is 0 Å². The number of rotatable bonds is 2. The van der Waals surface area contributed by atoms with E-state index in [1.165, 1.54) is 5.56 Å². The zero-order valence-corrected chi connectivity index (χ0v) is 8.77. The third-order valence-corrected chi connectivity index (χ3v) is 2.31. The minimum atomic E-state index is 0.626. The molecule has 0 radical (unpaired) electrons. The molecule has 0 spiro atoms. The molecule has 1 aromatic carbocycles. The molecular weight excluding hydrogens is 188 g/mol. The SMILES string of the molecule is Cc1ccc(-c2nn(C)cc2C=O)cc1. The van der Waals surface area contributed by atoms with Gasteiger partial charge < -0.3 is 0 Å². The number of carbonyl (C=O) groups excluding carboxylic acids is 1. The second kappa shape index (κ2) is 3.69. The van der Waals surface area contributed by atoms with Crippen LogP contribution in [0.1, 0.15) is 15.9 Å². The lowest BCUT2D eigenvalue weighted by Gasteiger charge is -1.98. The fraction of sp³-hybridized carbons (Fsp3) is 0.167. The van der Waals surface area contributed by atoms with E-state index in [9.17, 15) is 4.79 Å². The van der Waals surface area contributed by atoms with Crippen LogP contribution in [-0.2, 0) is 7.05 Å². The van der Waals surface area contributed by atoms with Gasteiger partial charge in [0.1, 0.15) is 5.69 Å². The van der Waals surface area contributed by atoms with Crippen molar-refractivity contribution in [3.63, 3.8) is 0 Å². The molecule has 0 unspecified atom stereocenters. The van der Waals surface area contributed by atoms with Crippen LogP contribution in [0.15, 0.2) is 30.5 Å². The van der Waals surface area contributed by atoms with E-state index >= 15 is 0 Å². The third-order valence-electron chi connectivity index (χ3n) is 2.31. The van der Waals surface area contributed by atoms with Gasteiger partial charge in [0.2, 0.25) is 0 Å². The summed E-state index contributed by atoms with van der Waals surface area (Å²) in [6.07, 6.45) is 2.56. The first kappa shape index (κ1) is 9.65. The van der Waals surface area contributed by atoms with Crippen LogP contribution in [0.2, 0.25) is 0 Å². The van der Waals surface area contributed by atoms with Gasteiger partial charge in [-0.2, -0.15) is 5.10 Å². The van der Waals surface area contributed by atoms with Crippen molar-refractivity contribution in [1.29, 1.82) is 0 Å². The molecule has 0 bridgehead atoms. The Morgan fingerprint density at radius 2 is 1.93 bits per heavy atom. The maximum Gasteiger partial charge on any atom is 0.153 e. The molecule has 0 saturated heterocycles. The van der Waals surface area contributed by atoms with Gasteiger partial charge in [0.25, 0.3) is 0 Å². The molecule has 0 saturated carbocycles. The molecule has 1 aromatic heterocycles. The van der Waals surface area contributed by atoms with Crippen LogP contribution < -0.4 is 0 Å². The standard InChI is InChI=1S/C12H12N2O/c1-9-3-5-10(6-4-9)12-11(8-15)7-14(2)13-12/h3-8H,1-2H3. The fourth-order valence-electron chi connectivity index (χ4n) is 1.53. The van der Waals surface area contributed by atoms with E-state index in [0.29, 0.717) is 5.56 Å². The van der Waals surface area contributed by atoms with Crippen LogP contribution in [0.25, 0.3) is 11.3 Å². The van der Waals surface area contributed by atoms with Crippen molar-refractivity contribution in [2.45, 2.75) is 6.92 Å². The summed E-state index contributed by atoms with van der Waals surface area (Å²) in [4.78, 5) is 10.8. The van der Waals surface area contributed by atoms with E-state index in [0.717, 1.165) is 17.5 Å². The monoisotopic (exact) mass is 200 g/mol. The highest BCUT2D eigenvalue weighted by Gasteiger charge is 2.08. The molecule has 0 amide bonds. The van der Waals surface area contributed by atoms with E-state index in [2.05, 4.69) is 5.10 Å². The lowest BCUT2D eigenvalue weighted by atomic mass is 10.1. The number of benzene rings is 1. The Hall–Kier alpha value is -1.90. The zero-order valence-electron chi connectivity index (χ0n) is 8.77. The minimum Gasteiger partial charge on any atom is -0.298 e. The van der Waals surface area contributed by atoms with Crippen molar-refractivity contribution in [3.8, 4) is 11.3 Å². The maximum absolute atomic E-state index is 10.8. The first-order valence-corrected chi connectivity index (χ1v) is 4.76. The highest BCUT2D eigenvalue weighted by Crippen LogP contribution is 2.20. The molecule has 0 N–H and O–H groups in total. The fourth-order valence-corrected chi connectivity index (χ4v) is 1.53. The second-order valence-electron chi connectivity index (χ2n) is 3.59. The minimum absolute atomic E-state index is 0.626. The Morgan fingerprint density at radius 1 is 1.27 bits per heavy atom. The highest BCUT2D eigenvalue weighted by atomic mass is 16.1. The second-order valence-corrected chi connectivity index (χ2v) is 3.59. The lowest BCUT2D eigenvalue weighted by Crippen LogP contribution is -1.88. The third kappa shape index (κ3) is 1.81. The Labute approximate surface area is 88.4 Å². The maximum atomic E-state index is 10.8. The van der Waals surface area contributed by atoms with E-state index in [4.69, 9.17) is 0 Å². The number of nitrogens with zero attached hydrogens (tertiary/aromatic N) is 2. The number of carbonyl (C=O) groups is 1. The average Bonchev–Trinajstić information content (AvgIpc) is 2.61. The van der Waals surface area contributed by atoms with Crippen molar-refractivity contribution < 1.29 is 4.79 Å². The predicted octanol–water partition coefficient (Wildman–Crippen LogP) is 2.21. The largest absolute Gasteiger partial charge is 0.298 e. The summed E-state index contributed by atoms with van der Waals surface area (Å²) in [6.45, 7) is 2.03. The van der Waals surface area contributed by atoms with Crippen LogP contribution in [0.4, 0.5) is 0 Å². The molecule has 0 aliphatic rings. The Balaban J connectivity index is 2.52. The number of aldehydes is 1. The smallest absolute Gasteiger partial charge is 0.153 e. The molecular formula is C12H12N2O. The Bertz CT molecular complexity index is 483. The summed E-state index contributed by atoms with van der Waals surface area (Å²) >= 11 is 0. The van der Waals surface area contributed by atoms with Crippen LogP contribution in [0, 0.1) is 6.92 Å². The van der Waals surface area contributed by atoms with Gasteiger partial charge in [0, 0.05) is 18.8 Å². The Morgan fingerprint density at radius 3 is 2.53 bits per heavy atom. The van der Waals surface area contributed by atoms with Crippen LogP contribution >= 0.6 is 0 Å². The molecule has 76 valence electrons. The van der Waals surface area contributed by atoms with Crippen molar-refractivity contribution in [1.82, 2.24) is 9.78 Å². The van der Waals surface area contributed by atoms with Crippen molar-refractivity contribution >= 4 is 6.29 Å². The molecule has 2 aromatic rings. The predicted molar refractivity (Wildman–Crippen MR) is 58.8 cm³/mol. The molecule has 0 atom stereocenters. The first-order chi connectivity index (χ1) is 7.20. The topological polar surface area (TPSA) is 34.9 Å². The molecule has 0 aliphatic carbocycles. The van der Waals surface area contributed by atoms with Gasteiger partial charge in [0.05, 0.1) is 5.56 Å². The van der Waals surface area contributed by atoms with E-state index in [-0.39, 0.29) is 0 Å². The summed E-state index contributed by atoms with van der Waals surface area (Å²) in [5, 5.41) is 4.27. The quantitative estimate of drug-likeness (QED) is 0.696. The molecule has 1 heterocycles. The lowest BCUT2D eigenvalue weighted by molar-refractivity contribution is 0.112. The van der Waals surface area contributed by atoms with Gasteiger partial charge in [-0.15, -0.1) is 0 Å². The number of hydrogen-bond acceptors (Lipinski definition) is 2. The van der Waals surface area contributed by atoms with E-state index < -0.39 is 0 Å². The highest BCUT2D eigenvalue weighted by molar-refractivity contribution is 5.85. The van der Waals surface area contributed by atoms with Crippen molar-refractivity contribution in [2.75, 3.05) is 0 Å². The van der Waals surface area contributed by atoms with Crippen molar-refractivity contribution in [2.24, 2.45) is 7.05 Å². The summed E-state index contributed by atoms with van der Waals surface area (Å²) in [5.74, 6) is 0. The van der Waals surface area contributed by atoms with Gasteiger partial charge in [-0.3, -0.25) is 9.48 Å². The van der Waals surface area contributed by atoms with Crippen molar-refractivity contribution in [3.05, 3.63) is 41.6 Å². The van der Waals surface area contributed by atoms with Crippen LogP contribution in [0.3, 0.4) is 0 Å². The van der Waals surface area contributed by atoms with Crippen LogP contribution in [-0.4, -0.2) is 16.1 Å². The summed E-state index contributed by atoms with van der Waals surface area (Å²) in [6, 6.07) is 7.98. The van der Waals surface area contributed by atoms with Gasteiger partial charge in [0.15, 0.2) is 6.29 Å². The normalized spacial score (nSPS) is 10.3. The van der Waals surface area contributed by atoms with E-state index in [1.807, 2.05) is 38.2 Å². The van der Waals surface area contributed by atoms with Crippen LogP contribution in [0.5, 0.6) is 0 Å². The molecule has 3 heteroatoms. The van der Waals surface area contributed by atoms with Gasteiger partial charge in [-0.05, 0) is 6.92 Å². The number of aryl methyl sites for hydroxylation is 2. The molecule has 0 aliphatic heterocycles. The molecule has 3 nitrogen and oxygen atoms in total. The summed E-state index contributed by atoms with van der Waals surface area (Å²) < 4.78 is 1.65. The van der Waals surface area contributed by atoms with E-state index in [1.54, 1.807) is 10.9 Å². The van der Waals surface area contributed by atoms with Gasteiger partial charge in [-0.25, -0.2) is 0 Å². The molecule has 0 fully saturated rings. The Kier molecular flexibility index (Phi) is 2.37. The first-order valence-electron chi connectivity index (χ1n) is 4.76. The zero-order chi connectivity index (χ0) is 10.8. The number of hydrogen-bond donors (Lipinski definition) is 0. The number of aromatic nitrogens is 2. The summed E-state index contributed by atoms with van der Waals surface area (Å²) in [5.41, 5.74) is 3.54. The molecule has 2 rings (SSSR count). The van der Waals surface area contributed by atoms with Gasteiger partial charge in [-0.1, -0.05) is 29.8 Å². The summed E-state index contributed by atoms with van der Waals surface area (Å²) in [7, 11) is 1.81. The average molecular weight is 200 g/mol.